The Bertz CT molecular complexity index is 267. The molecule has 1 rings (SSSR count). The van der Waals surface area contributed by atoms with Gasteiger partial charge in [0, 0.05) is 13.3 Å². The first kappa shape index (κ1) is 8.72. The summed E-state index contributed by atoms with van der Waals surface area (Å²) < 4.78 is 0. The molecular formula is C11H13N. The molecule has 1 aromatic rings. The lowest BCUT2D eigenvalue weighted by Crippen LogP contribution is -1.84. The van der Waals surface area contributed by atoms with E-state index in [1.165, 1.54) is 5.56 Å². The zero-order chi connectivity index (χ0) is 8.81. The molecule has 0 saturated carbocycles. The summed E-state index contributed by atoms with van der Waals surface area (Å²) in [6.07, 6.45) is 5.98. The Labute approximate surface area is 73.5 Å². The second-order valence-corrected chi connectivity index (χ2v) is 2.52. The maximum Gasteiger partial charge on any atom is 0.0287 e. The van der Waals surface area contributed by atoms with Gasteiger partial charge in [-0.25, -0.2) is 0 Å². The highest BCUT2D eigenvalue weighted by atomic mass is 14.6. The molecular weight excluding hydrogens is 146 g/mol. The lowest BCUT2D eigenvalue weighted by Gasteiger charge is -1.97. The van der Waals surface area contributed by atoms with E-state index in [0.717, 1.165) is 5.56 Å². The molecule has 62 valence electrons. The molecule has 0 amide bonds. The third-order valence-corrected chi connectivity index (χ3v) is 1.61. The third kappa shape index (κ3) is 2.06. The maximum atomic E-state index is 3.99. The molecule has 0 aliphatic heterocycles. The van der Waals surface area contributed by atoms with Crippen molar-refractivity contribution in [2.75, 3.05) is 7.05 Å². The van der Waals surface area contributed by atoms with Gasteiger partial charge in [0.15, 0.2) is 0 Å². The molecule has 0 aliphatic rings. The molecule has 0 fully saturated rings. The number of aliphatic imine (C=N–C) groups is 1. The SMILES string of the molecule is C/C=C\c1ccccc1/C=N\C. The number of benzene rings is 1. The molecule has 0 atom stereocenters. The van der Waals surface area contributed by atoms with Gasteiger partial charge in [0.25, 0.3) is 0 Å². The fraction of sp³-hybridized carbons (Fsp3) is 0.182. The van der Waals surface area contributed by atoms with E-state index >= 15 is 0 Å². The largest absolute Gasteiger partial charge is 0.296 e. The average Bonchev–Trinajstić information content (AvgIpc) is 2.09. The normalized spacial score (nSPS) is 11.5. The van der Waals surface area contributed by atoms with E-state index in [9.17, 15) is 0 Å². The molecule has 0 aromatic heterocycles. The quantitative estimate of drug-likeness (QED) is 0.588. The van der Waals surface area contributed by atoms with Crippen molar-refractivity contribution in [3.8, 4) is 0 Å². The van der Waals surface area contributed by atoms with Crippen LogP contribution in [0.15, 0.2) is 35.3 Å². The minimum atomic E-state index is 1.16. The number of allylic oxidation sites excluding steroid dienone is 1. The second kappa shape index (κ2) is 4.50. The predicted molar refractivity (Wildman–Crippen MR) is 54.7 cm³/mol. The first-order chi connectivity index (χ1) is 5.88. The Kier molecular flexibility index (Phi) is 3.27. The van der Waals surface area contributed by atoms with Crippen molar-refractivity contribution in [3.05, 3.63) is 41.5 Å². The van der Waals surface area contributed by atoms with Crippen molar-refractivity contribution in [2.24, 2.45) is 4.99 Å². The number of nitrogens with zero attached hydrogens (tertiary/aromatic N) is 1. The summed E-state index contributed by atoms with van der Waals surface area (Å²) >= 11 is 0. The summed E-state index contributed by atoms with van der Waals surface area (Å²) in [6.45, 7) is 2.01. The molecule has 1 nitrogen and oxygen atoms in total. The molecule has 1 heteroatoms. The maximum absolute atomic E-state index is 3.99. The molecule has 0 unspecified atom stereocenters. The Balaban J connectivity index is 3.08. The molecule has 12 heavy (non-hydrogen) atoms. The van der Waals surface area contributed by atoms with Crippen LogP contribution in [0.25, 0.3) is 6.08 Å². The van der Waals surface area contributed by atoms with Crippen LogP contribution in [0.3, 0.4) is 0 Å². The summed E-state index contributed by atoms with van der Waals surface area (Å²) in [5.41, 5.74) is 2.38. The standard InChI is InChI=1S/C11H13N/c1-3-6-10-7-4-5-8-11(10)9-12-2/h3-9H,1-2H3/b6-3-,12-9-. The van der Waals surface area contributed by atoms with Crippen LogP contribution >= 0.6 is 0 Å². The lowest BCUT2D eigenvalue weighted by molar-refractivity contribution is 1.46. The molecule has 0 heterocycles. The van der Waals surface area contributed by atoms with Crippen molar-refractivity contribution in [1.82, 2.24) is 0 Å². The summed E-state index contributed by atoms with van der Waals surface area (Å²) in [5.74, 6) is 0. The van der Waals surface area contributed by atoms with Gasteiger partial charge in [0.05, 0.1) is 0 Å². The minimum absolute atomic E-state index is 1.16. The first-order valence-corrected chi connectivity index (χ1v) is 4.02. The fourth-order valence-electron chi connectivity index (χ4n) is 1.10. The topological polar surface area (TPSA) is 12.4 Å². The molecule has 0 N–H and O–H groups in total. The summed E-state index contributed by atoms with van der Waals surface area (Å²) in [7, 11) is 1.78. The Morgan fingerprint density at radius 1 is 1.17 bits per heavy atom. The molecule has 0 radical (unpaired) electrons. The van der Waals surface area contributed by atoms with Crippen LogP contribution in [0.4, 0.5) is 0 Å². The molecule has 1 aromatic carbocycles. The van der Waals surface area contributed by atoms with Gasteiger partial charge in [-0.1, -0.05) is 36.4 Å². The van der Waals surface area contributed by atoms with Crippen LogP contribution in [0.2, 0.25) is 0 Å². The fourth-order valence-corrected chi connectivity index (χ4v) is 1.10. The van der Waals surface area contributed by atoms with Gasteiger partial charge in [-0.05, 0) is 18.1 Å². The van der Waals surface area contributed by atoms with E-state index in [-0.39, 0.29) is 0 Å². The van der Waals surface area contributed by atoms with E-state index < -0.39 is 0 Å². The van der Waals surface area contributed by atoms with Gasteiger partial charge in [-0.2, -0.15) is 0 Å². The van der Waals surface area contributed by atoms with E-state index in [1.807, 2.05) is 31.3 Å². The smallest absolute Gasteiger partial charge is 0.0287 e. The van der Waals surface area contributed by atoms with Gasteiger partial charge in [-0.3, -0.25) is 4.99 Å². The van der Waals surface area contributed by atoms with Crippen LogP contribution in [0.1, 0.15) is 18.1 Å². The van der Waals surface area contributed by atoms with Gasteiger partial charge < -0.3 is 0 Å². The number of hydrogen-bond acceptors (Lipinski definition) is 1. The zero-order valence-electron chi connectivity index (χ0n) is 7.49. The summed E-state index contributed by atoms with van der Waals surface area (Å²) in [4.78, 5) is 3.99. The van der Waals surface area contributed by atoms with Gasteiger partial charge >= 0.3 is 0 Å². The van der Waals surface area contributed by atoms with Gasteiger partial charge in [0.1, 0.15) is 0 Å². The van der Waals surface area contributed by atoms with Crippen molar-refractivity contribution in [3.63, 3.8) is 0 Å². The minimum Gasteiger partial charge on any atom is -0.296 e. The van der Waals surface area contributed by atoms with Crippen LogP contribution in [-0.2, 0) is 0 Å². The molecule has 0 aliphatic carbocycles. The van der Waals surface area contributed by atoms with E-state index in [4.69, 9.17) is 0 Å². The number of rotatable bonds is 2. The Hall–Kier alpha value is -1.37. The van der Waals surface area contributed by atoms with Crippen LogP contribution < -0.4 is 0 Å². The predicted octanol–water partition coefficient (Wildman–Crippen LogP) is 2.77. The molecule has 0 bridgehead atoms. The first-order valence-electron chi connectivity index (χ1n) is 4.02. The van der Waals surface area contributed by atoms with Crippen LogP contribution in [0.5, 0.6) is 0 Å². The van der Waals surface area contributed by atoms with Gasteiger partial charge in [0.2, 0.25) is 0 Å². The van der Waals surface area contributed by atoms with Crippen LogP contribution in [-0.4, -0.2) is 13.3 Å². The zero-order valence-corrected chi connectivity index (χ0v) is 7.49. The van der Waals surface area contributed by atoms with Crippen LogP contribution in [0, 0.1) is 0 Å². The monoisotopic (exact) mass is 159 g/mol. The highest BCUT2D eigenvalue weighted by Gasteiger charge is 1.92. The van der Waals surface area contributed by atoms with Gasteiger partial charge in [-0.15, -0.1) is 0 Å². The van der Waals surface area contributed by atoms with Crippen molar-refractivity contribution < 1.29 is 0 Å². The molecule has 0 saturated heterocycles. The Morgan fingerprint density at radius 2 is 1.83 bits per heavy atom. The highest BCUT2D eigenvalue weighted by Crippen LogP contribution is 2.07. The highest BCUT2D eigenvalue weighted by molar-refractivity contribution is 5.85. The summed E-state index contributed by atoms with van der Waals surface area (Å²) in [6, 6.07) is 8.19. The Morgan fingerprint density at radius 3 is 2.42 bits per heavy atom. The number of hydrogen-bond donors (Lipinski definition) is 0. The average molecular weight is 159 g/mol. The third-order valence-electron chi connectivity index (χ3n) is 1.61. The van der Waals surface area contributed by atoms with E-state index in [0.29, 0.717) is 0 Å². The second-order valence-electron chi connectivity index (χ2n) is 2.52. The van der Waals surface area contributed by atoms with Crippen molar-refractivity contribution in [2.45, 2.75) is 6.92 Å². The molecule has 0 spiro atoms. The lowest BCUT2D eigenvalue weighted by atomic mass is 10.1. The van der Waals surface area contributed by atoms with Crippen molar-refractivity contribution in [1.29, 1.82) is 0 Å². The summed E-state index contributed by atoms with van der Waals surface area (Å²) in [5, 5.41) is 0. The van der Waals surface area contributed by atoms with E-state index in [2.05, 4.69) is 23.2 Å². The van der Waals surface area contributed by atoms with E-state index in [1.54, 1.807) is 7.05 Å². The van der Waals surface area contributed by atoms with Crippen molar-refractivity contribution >= 4 is 12.3 Å².